The molecule has 2 aromatic rings. The molecule has 0 aliphatic heterocycles. The minimum Gasteiger partial charge on any atom is -0.387 e. The van der Waals surface area contributed by atoms with E-state index in [1.54, 1.807) is 0 Å². The van der Waals surface area contributed by atoms with Crippen LogP contribution in [0.4, 0.5) is 5.69 Å². The molecule has 0 aromatic heterocycles. The third-order valence-corrected chi connectivity index (χ3v) is 3.93. The van der Waals surface area contributed by atoms with E-state index in [9.17, 15) is 5.11 Å². The van der Waals surface area contributed by atoms with Gasteiger partial charge in [0, 0.05) is 25.7 Å². The fraction of sp³-hybridized carbons (Fsp3) is 0.222. The maximum atomic E-state index is 10.6. The van der Waals surface area contributed by atoms with Crippen LogP contribution in [0, 0.1) is 0 Å². The number of aliphatic hydroxyl groups excluding tert-OH is 1. The average Bonchev–Trinajstić information content (AvgIpc) is 2.48. The van der Waals surface area contributed by atoms with Crippen LogP contribution in [0.1, 0.15) is 28.7 Å². The van der Waals surface area contributed by atoms with Crippen molar-refractivity contribution in [3.8, 4) is 0 Å². The van der Waals surface area contributed by atoms with Gasteiger partial charge in [-0.3, -0.25) is 0 Å². The molecular weight excluding hydrogens is 246 g/mol. The monoisotopic (exact) mass is 265 g/mol. The van der Waals surface area contributed by atoms with Crippen LogP contribution >= 0.6 is 0 Å². The maximum absolute atomic E-state index is 10.6. The van der Waals surface area contributed by atoms with E-state index in [2.05, 4.69) is 41.3 Å². The molecule has 0 fully saturated rings. The number of nitrogens with zero attached hydrogens (tertiary/aromatic N) is 1. The lowest BCUT2D eigenvalue weighted by Crippen LogP contribution is -2.14. The lowest BCUT2D eigenvalue weighted by atomic mass is 9.83. The molecule has 1 aliphatic carbocycles. The summed E-state index contributed by atoms with van der Waals surface area (Å²) in [5, 5.41) is 10.6. The molecule has 0 radical (unpaired) electrons. The Labute approximate surface area is 120 Å². The molecule has 2 atom stereocenters. The van der Waals surface area contributed by atoms with Crippen molar-refractivity contribution in [2.45, 2.75) is 12.0 Å². The smallest absolute Gasteiger partial charge is 0.0899 e. The summed E-state index contributed by atoms with van der Waals surface area (Å²) in [7, 11) is 4.06. The summed E-state index contributed by atoms with van der Waals surface area (Å²) < 4.78 is 0. The topological polar surface area (TPSA) is 23.5 Å². The highest BCUT2D eigenvalue weighted by atomic mass is 16.3. The first-order valence-electron chi connectivity index (χ1n) is 6.89. The van der Waals surface area contributed by atoms with E-state index in [1.165, 1.54) is 5.69 Å². The number of anilines is 1. The average molecular weight is 265 g/mol. The van der Waals surface area contributed by atoms with Gasteiger partial charge in [-0.05, 0) is 28.8 Å². The van der Waals surface area contributed by atoms with Gasteiger partial charge in [0.1, 0.15) is 0 Å². The van der Waals surface area contributed by atoms with Crippen LogP contribution in [-0.4, -0.2) is 19.2 Å². The van der Waals surface area contributed by atoms with Crippen molar-refractivity contribution in [3.63, 3.8) is 0 Å². The number of hydrogen-bond acceptors (Lipinski definition) is 2. The number of fused-ring (bicyclic) bond motifs is 1. The molecule has 2 nitrogen and oxygen atoms in total. The Hall–Kier alpha value is -2.06. The predicted octanol–water partition coefficient (Wildman–Crippen LogP) is 3.60. The molecule has 0 spiro atoms. The van der Waals surface area contributed by atoms with Gasteiger partial charge in [-0.1, -0.05) is 48.6 Å². The lowest BCUT2D eigenvalue weighted by Gasteiger charge is -2.26. The van der Waals surface area contributed by atoms with Crippen LogP contribution in [0.5, 0.6) is 0 Å². The SMILES string of the molecule is CN(C)c1ccc([C@H]2C=Cc3ccccc3[C@H]2O)cc1. The molecule has 0 amide bonds. The second kappa shape index (κ2) is 5.14. The van der Waals surface area contributed by atoms with Crippen LogP contribution in [0.2, 0.25) is 0 Å². The van der Waals surface area contributed by atoms with Crippen LogP contribution in [0.3, 0.4) is 0 Å². The second-order valence-corrected chi connectivity index (χ2v) is 5.44. The highest BCUT2D eigenvalue weighted by Crippen LogP contribution is 2.38. The number of benzene rings is 2. The number of rotatable bonds is 2. The van der Waals surface area contributed by atoms with Crippen molar-refractivity contribution in [1.82, 2.24) is 0 Å². The Morgan fingerprint density at radius 2 is 1.65 bits per heavy atom. The van der Waals surface area contributed by atoms with Crippen molar-refractivity contribution in [2.75, 3.05) is 19.0 Å². The van der Waals surface area contributed by atoms with E-state index >= 15 is 0 Å². The highest BCUT2D eigenvalue weighted by molar-refractivity contribution is 5.60. The Bertz CT molecular complexity index is 628. The summed E-state index contributed by atoms with van der Waals surface area (Å²) in [5.41, 5.74) is 4.44. The molecule has 2 heteroatoms. The Balaban J connectivity index is 1.93. The molecule has 3 rings (SSSR count). The third-order valence-electron chi connectivity index (χ3n) is 3.93. The molecule has 1 N–H and O–H groups in total. The summed E-state index contributed by atoms with van der Waals surface area (Å²) in [6, 6.07) is 16.4. The molecule has 0 heterocycles. The van der Waals surface area contributed by atoms with E-state index in [0.717, 1.165) is 16.7 Å². The zero-order chi connectivity index (χ0) is 14.1. The minimum atomic E-state index is -0.471. The third kappa shape index (κ3) is 2.23. The zero-order valence-corrected chi connectivity index (χ0v) is 11.8. The fourth-order valence-electron chi connectivity index (χ4n) is 2.73. The predicted molar refractivity (Wildman–Crippen MR) is 83.9 cm³/mol. The van der Waals surface area contributed by atoms with Gasteiger partial charge in [0.2, 0.25) is 0 Å². The van der Waals surface area contributed by atoms with Gasteiger partial charge in [0.05, 0.1) is 6.10 Å². The summed E-state index contributed by atoms with van der Waals surface area (Å²) in [6.07, 6.45) is 3.73. The van der Waals surface area contributed by atoms with Gasteiger partial charge < -0.3 is 10.0 Å². The minimum absolute atomic E-state index is 0.0288. The number of aliphatic hydroxyl groups is 1. The molecule has 1 aliphatic rings. The summed E-state index contributed by atoms with van der Waals surface area (Å²) in [4.78, 5) is 2.08. The van der Waals surface area contributed by atoms with Crippen molar-refractivity contribution < 1.29 is 5.11 Å². The van der Waals surface area contributed by atoms with Gasteiger partial charge in [-0.15, -0.1) is 0 Å². The van der Waals surface area contributed by atoms with Crippen molar-refractivity contribution in [1.29, 1.82) is 0 Å². The standard InChI is InChI=1S/C18H19NO/c1-19(2)15-10-7-14(8-11-15)17-12-9-13-5-3-4-6-16(13)18(17)20/h3-12,17-18,20H,1-2H3/t17-,18-/m1/s1. The first kappa shape index (κ1) is 12.9. The van der Waals surface area contributed by atoms with Gasteiger partial charge in [0.15, 0.2) is 0 Å². The molecule has 2 aromatic carbocycles. The number of hydrogen-bond donors (Lipinski definition) is 1. The lowest BCUT2D eigenvalue weighted by molar-refractivity contribution is 0.160. The van der Waals surface area contributed by atoms with Crippen LogP contribution < -0.4 is 4.90 Å². The first-order valence-corrected chi connectivity index (χ1v) is 6.89. The zero-order valence-electron chi connectivity index (χ0n) is 11.8. The van der Waals surface area contributed by atoms with E-state index in [-0.39, 0.29) is 5.92 Å². The van der Waals surface area contributed by atoms with E-state index in [0.29, 0.717) is 0 Å². The molecule has 0 saturated carbocycles. The summed E-state index contributed by atoms with van der Waals surface area (Å²) >= 11 is 0. The van der Waals surface area contributed by atoms with Crippen LogP contribution in [-0.2, 0) is 0 Å². The molecule has 0 bridgehead atoms. The van der Waals surface area contributed by atoms with Crippen molar-refractivity contribution >= 4 is 11.8 Å². The molecule has 0 unspecified atom stereocenters. The first-order chi connectivity index (χ1) is 9.66. The van der Waals surface area contributed by atoms with Gasteiger partial charge >= 0.3 is 0 Å². The van der Waals surface area contributed by atoms with Crippen LogP contribution in [0.25, 0.3) is 6.08 Å². The summed E-state index contributed by atoms with van der Waals surface area (Å²) in [6.45, 7) is 0. The van der Waals surface area contributed by atoms with Gasteiger partial charge in [-0.25, -0.2) is 0 Å². The second-order valence-electron chi connectivity index (χ2n) is 5.44. The quantitative estimate of drug-likeness (QED) is 0.897. The van der Waals surface area contributed by atoms with E-state index in [4.69, 9.17) is 0 Å². The van der Waals surface area contributed by atoms with E-state index < -0.39 is 6.10 Å². The van der Waals surface area contributed by atoms with Gasteiger partial charge in [-0.2, -0.15) is 0 Å². The van der Waals surface area contributed by atoms with Crippen molar-refractivity contribution in [2.24, 2.45) is 0 Å². The van der Waals surface area contributed by atoms with E-state index in [1.807, 2.05) is 38.4 Å². The van der Waals surface area contributed by atoms with Crippen molar-refractivity contribution in [3.05, 3.63) is 71.3 Å². The molecule has 102 valence electrons. The normalized spacial score (nSPS) is 20.6. The Morgan fingerprint density at radius 1 is 0.950 bits per heavy atom. The molecular formula is C18H19NO. The van der Waals surface area contributed by atoms with Gasteiger partial charge in [0.25, 0.3) is 0 Å². The Morgan fingerprint density at radius 3 is 2.35 bits per heavy atom. The molecule has 0 saturated heterocycles. The van der Waals surface area contributed by atoms with Crippen LogP contribution in [0.15, 0.2) is 54.6 Å². The Kier molecular flexibility index (Phi) is 3.33. The molecule has 20 heavy (non-hydrogen) atoms. The summed E-state index contributed by atoms with van der Waals surface area (Å²) in [5.74, 6) is 0.0288. The highest BCUT2D eigenvalue weighted by Gasteiger charge is 2.25. The fourth-order valence-corrected chi connectivity index (χ4v) is 2.73. The largest absolute Gasteiger partial charge is 0.387 e. The maximum Gasteiger partial charge on any atom is 0.0899 e.